The quantitative estimate of drug-likeness (QED) is 0.455. The van der Waals surface area contributed by atoms with E-state index < -0.39 is 11.8 Å². The summed E-state index contributed by atoms with van der Waals surface area (Å²) in [6, 6.07) is 5.52. The molecule has 1 aliphatic carbocycles. The average Bonchev–Trinajstić information content (AvgIpc) is 2.78. The van der Waals surface area contributed by atoms with Gasteiger partial charge < -0.3 is 4.74 Å². The lowest BCUT2D eigenvalue weighted by Crippen LogP contribution is -2.15. The number of benzene rings is 1. The third-order valence-electron chi connectivity index (χ3n) is 3.43. The molecule has 0 amide bonds. The van der Waals surface area contributed by atoms with Gasteiger partial charge in [0.1, 0.15) is 0 Å². The highest BCUT2D eigenvalue weighted by molar-refractivity contribution is 6.40. The van der Waals surface area contributed by atoms with Gasteiger partial charge in [-0.15, -0.1) is 0 Å². The molecule has 2 rings (SSSR count). The highest BCUT2D eigenvalue weighted by atomic mass is 16.5. The van der Waals surface area contributed by atoms with E-state index in [1.165, 1.54) is 18.2 Å². The van der Waals surface area contributed by atoms with Crippen molar-refractivity contribution in [3.8, 4) is 0 Å². The average molecular weight is 232 g/mol. The molecule has 1 aliphatic rings. The van der Waals surface area contributed by atoms with Gasteiger partial charge in [0.05, 0.1) is 7.11 Å². The number of rotatable bonds is 3. The van der Waals surface area contributed by atoms with Gasteiger partial charge in [0.15, 0.2) is 0 Å². The van der Waals surface area contributed by atoms with Gasteiger partial charge in [0.25, 0.3) is 5.78 Å². The topological polar surface area (TPSA) is 43.4 Å². The molecule has 0 heterocycles. The molecule has 17 heavy (non-hydrogen) atoms. The van der Waals surface area contributed by atoms with E-state index >= 15 is 0 Å². The second-order valence-electron chi connectivity index (χ2n) is 4.49. The predicted octanol–water partition coefficient (Wildman–Crippen LogP) is 2.17. The summed E-state index contributed by atoms with van der Waals surface area (Å²) in [5.41, 5.74) is 2.94. The summed E-state index contributed by atoms with van der Waals surface area (Å²) in [6.07, 6.45) is 3.24. The molecule has 0 spiro atoms. The van der Waals surface area contributed by atoms with Crippen LogP contribution < -0.4 is 0 Å². The van der Waals surface area contributed by atoms with E-state index in [2.05, 4.69) is 11.7 Å². The van der Waals surface area contributed by atoms with E-state index in [4.69, 9.17) is 0 Å². The van der Waals surface area contributed by atoms with Crippen LogP contribution in [-0.2, 0) is 22.4 Å². The maximum Gasteiger partial charge on any atom is 0.379 e. The smallest absolute Gasteiger partial charge is 0.379 e. The van der Waals surface area contributed by atoms with Gasteiger partial charge in [-0.3, -0.25) is 4.79 Å². The number of ketones is 1. The van der Waals surface area contributed by atoms with Gasteiger partial charge in [0.2, 0.25) is 0 Å². The molecule has 0 saturated heterocycles. The van der Waals surface area contributed by atoms with Crippen molar-refractivity contribution >= 4 is 11.8 Å². The van der Waals surface area contributed by atoms with E-state index in [0.29, 0.717) is 11.5 Å². The zero-order valence-electron chi connectivity index (χ0n) is 10.2. The van der Waals surface area contributed by atoms with Crippen LogP contribution in [0.4, 0.5) is 0 Å². The Labute approximate surface area is 101 Å². The van der Waals surface area contributed by atoms with Crippen molar-refractivity contribution in [2.45, 2.75) is 26.2 Å². The normalized spacial score (nSPS) is 17.6. The maximum atomic E-state index is 11.7. The van der Waals surface area contributed by atoms with Crippen molar-refractivity contribution in [1.29, 1.82) is 0 Å². The van der Waals surface area contributed by atoms with E-state index in [9.17, 15) is 9.59 Å². The molecule has 0 N–H and O–H groups in total. The minimum absolute atomic E-state index is 0.437. The standard InChI is InChI=1S/C14H16O3/c1-3-9-6-10-4-5-11(8-12(10)7-9)13(15)14(16)17-2/h4-5,8-9H,3,6-7H2,1-2H3. The Hall–Kier alpha value is -1.64. The van der Waals surface area contributed by atoms with Crippen LogP contribution in [0.5, 0.6) is 0 Å². The van der Waals surface area contributed by atoms with Crippen LogP contribution in [0, 0.1) is 5.92 Å². The molecule has 3 heteroatoms. The molecule has 0 aliphatic heterocycles. The number of fused-ring (bicyclic) bond motifs is 1. The zero-order chi connectivity index (χ0) is 12.4. The third kappa shape index (κ3) is 2.23. The van der Waals surface area contributed by atoms with Gasteiger partial charge in [0, 0.05) is 5.56 Å². The Kier molecular flexibility index (Phi) is 3.27. The first-order valence-electron chi connectivity index (χ1n) is 5.90. The minimum Gasteiger partial charge on any atom is -0.463 e. The van der Waals surface area contributed by atoms with Gasteiger partial charge >= 0.3 is 5.97 Å². The number of hydrogen-bond acceptors (Lipinski definition) is 3. The van der Waals surface area contributed by atoms with E-state index in [0.717, 1.165) is 19.3 Å². The lowest BCUT2D eigenvalue weighted by Gasteiger charge is -2.02. The molecule has 0 bridgehead atoms. The van der Waals surface area contributed by atoms with Crippen molar-refractivity contribution in [3.05, 3.63) is 34.9 Å². The molecular formula is C14H16O3. The first-order valence-corrected chi connectivity index (χ1v) is 5.90. The first-order chi connectivity index (χ1) is 8.15. The van der Waals surface area contributed by atoms with Crippen LogP contribution in [0.3, 0.4) is 0 Å². The van der Waals surface area contributed by atoms with Crippen LogP contribution in [0.15, 0.2) is 18.2 Å². The van der Waals surface area contributed by atoms with E-state index in [1.807, 2.05) is 12.1 Å². The summed E-state index contributed by atoms with van der Waals surface area (Å²) in [7, 11) is 1.22. The van der Waals surface area contributed by atoms with Crippen molar-refractivity contribution < 1.29 is 14.3 Å². The Morgan fingerprint density at radius 2 is 2.00 bits per heavy atom. The largest absolute Gasteiger partial charge is 0.463 e. The van der Waals surface area contributed by atoms with Crippen molar-refractivity contribution in [1.82, 2.24) is 0 Å². The molecule has 1 atom stereocenters. The summed E-state index contributed by atoms with van der Waals surface area (Å²) in [6.45, 7) is 2.18. The van der Waals surface area contributed by atoms with Crippen LogP contribution in [0.1, 0.15) is 34.8 Å². The van der Waals surface area contributed by atoms with Gasteiger partial charge in [-0.1, -0.05) is 25.5 Å². The molecule has 90 valence electrons. The van der Waals surface area contributed by atoms with Crippen LogP contribution in [-0.4, -0.2) is 18.9 Å². The molecule has 0 saturated carbocycles. The third-order valence-corrected chi connectivity index (χ3v) is 3.43. The lowest BCUT2D eigenvalue weighted by atomic mass is 10.0. The zero-order valence-corrected chi connectivity index (χ0v) is 10.2. The second kappa shape index (κ2) is 4.70. The van der Waals surface area contributed by atoms with E-state index in [1.54, 1.807) is 6.07 Å². The summed E-state index contributed by atoms with van der Waals surface area (Å²) in [5.74, 6) is -0.682. The lowest BCUT2D eigenvalue weighted by molar-refractivity contribution is -0.135. The number of hydrogen-bond donors (Lipinski definition) is 0. The molecule has 1 unspecified atom stereocenters. The molecule has 0 aromatic heterocycles. The van der Waals surface area contributed by atoms with Gasteiger partial charge in [-0.2, -0.15) is 0 Å². The number of methoxy groups -OCH3 is 1. The second-order valence-corrected chi connectivity index (χ2v) is 4.49. The van der Waals surface area contributed by atoms with Crippen LogP contribution >= 0.6 is 0 Å². The summed E-state index contributed by atoms with van der Waals surface area (Å²) in [4.78, 5) is 22.8. The summed E-state index contributed by atoms with van der Waals surface area (Å²) >= 11 is 0. The van der Waals surface area contributed by atoms with Crippen molar-refractivity contribution in [2.24, 2.45) is 5.92 Å². The molecular weight excluding hydrogens is 216 g/mol. The molecule has 0 fully saturated rings. The number of carbonyl (C=O) groups is 2. The van der Waals surface area contributed by atoms with Crippen LogP contribution in [0.2, 0.25) is 0 Å². The van der Waals surface area contributed by atoms with Gasteiger partial charge in [-0.25, -0.2) is 4.79 Å². The number of ether oxygens (including phenoxy) is 1. The predicted molar refractivity (Wildman–Crippen MR) is 64.0 cm³/mol. The van der Waals surface area contributed by atoms with Crippen LogP contribution in [0.25, 0.3) is 0 Å². The van der Waals surface area contributed by atoms with E-state index in [-0.39, 0.29) is 0 Å². The molecule has 0 radical (unpaired) electrons. The Bertz CT molecular complexity index is 463. The maximum absolute atomic E-state index is 11.7. The fraction of sp³-hybridized carbons (Fsp3) is 0.429. The summed E-state index contributed by atoms with van der Waals surface area (Å²) < 4.78 is 4.44. The number of esters is 1. The Balaban J connectivity index is 2.24. The number of carbonyl (C=O) groups excluding carboxylic acids is 2. The highest BCUT2D eigenvalue weighted by Crippen LogP contribution is 2.29. The Morgan fingerprint density at radius 3 is 2.65 bits per heavy atom. The fourth-order valence-corrected chi connectivity index (χ4v) is 2.35. The first kappa shape index (κ1) is 11.8. The van der Waals surface area contributed by atoms with Crippen molar-refractivity contribution in [2.75, 3.05) is 7.11 Å². The molecule has 1 aromatic carbocycles. The van der Waals surface area contributed by atoms with Crippen molar-refractivity contribution in [3.63, 3.8) is 0 Å². The minimum atomic E-state index is -0.796. The monoisotopic (exact) mass is 232 g/mol. The molecule has 3 nitrogen and oxygen atoms in total. The fourth-order valence-electron chi connectivity index (χ4n) is 2.35. The van der Waals surface area contributed by atoms with Gasteiger partial charge in [-0.05, 0) is 36.0 Å². The number of Topliss-reactive ketones (excluding diaryl/α,β-unsaturated/α-hetero) is 1. The SMILES string of the molecule is CCC1Cc2ccc(C(=O)C(=O)OC)cc2C1. The highest BCUT2D eigenvalue weighted by Gasteiger charge is 2.23. The Morgan fingerprint density at radius 1 is 1.29 bits per heavy atom. The summed E-state index contributed by atoms with van der Waals surface area (Å²) in [5, 5.41) is 0. The molecule has 1 aromatic rings.